The van der Waals surface area contributed by atoms with Gasteiger partial charge in [-0.2, -0.15) is 39.5 Å². The summed E-state index contributed by atoms with van der Waals surface area (Å²) in [5.41, 5.74) is -4.82. The summed E-state index contributed by atoms with van der Waals surface area (Å²) in [5, 5.41) is 2.49. The van der Waals surface area contributed by atoms with Crippen LogP contribution in [0.5, 0.6) is 5.88 Å². The van der Waals surface area contributed by atoms with Gasteiger partial charge in [-0.3, -0.25) is 5.32 Å². The van der Waals surface area contributed by atoms with Crippen molar-refractivity contribution in [3.8, 4) is 5.88 Å². The molecule has 0 amide bonds. The second-order valence-corrected chi connectivity index (χ2v) is 6.74. The van der Waals surface area contributed by atoms with E-state index < -0.39 is 59.3 Å². The topological polar surface area (TPSA) is 60.5 Å². The molecule has 162 valence electrons. The fraction of sp³-hybridized carbons (Fsp3) is 0.600. The van der Waals surface area contributed by atoms with Crippen molar-refractivity contribution in [1.82, 2.24) is 10.3 Å². The smallest absolute Gasteiger partial charge is 0.474 e. The Morgan fingerprint density at radius 1 is 1.03 bits per heavy atom. The minimum Gasteiger partial charge on any atom is -0.474 e. The number of ether oxygens (including phenoxy) is 2. The third-order valence-electron chi connectivity index (χ3n) is 4.70. The molecule has 0 radical (unpaired) electrons. The van der Waals surface area contributed by atoms with Gasteiger partial charge in [0, 0.05) is 24.2 Å². The molecule has 1 N–H and O–H groups in total. The first kappa shape index (κ1) is 21.5. The normalized spacial score (nSPS) is 27.2. The number of alkyl halides is 9. The largest absolute Gasteiger partial charge is 0.490 e. The maximum Gasteiger partial charge on any atom is 0.490 e. The van der Waals surface area contributed by atoms with Crippen molar-refractivity contribution in [2.45, 2.75) is 43.7 Å². The van der Waals surface area contributed by atoms with Crippen LogP contribution in [0.4, 0.5) is 39.5 Å². The number of nitrogens with one attached hydrogen (secondary N) is 1. The Kier molecular flexibility index (Phi) is 4.91. The second kappa shape index (κ2) is 6.64. The fourth-order valence-corrected chi connectivity index (χ4v) is 3.24. The predicted octanol–water partition coefficient (Wildman–Crippen LogP) is 3.68. The Labute approximate surface area is 156 Å². The monoisotopic (exact) mass is 438 g/mol. The molecule has 14 heteroatoms. The maximum absolute atomic E-state index is 12.9. The Morgan fingerprint density at radius 2 is 1.62 bits per heavy atom. The SMILES string of the molecule is O=C(OC1NCC12CC(Oc1cc(C(F)(F)F)c(C(F)(F)F)cn1)C2)C(F)(F)F. The highest BCUT2D eigenvalue weighted by Gasteiger charge is 2.60. The van der Waals surface area contributed by atoms with Crippen LogP contribution in [0.1, 0.15) is 24.0 Å². The Hall–Kier alpha value is -2.25. The van der Waals surface area contributed by atoms with Crippen LogP contribution in [-0.4, -0.2) is 36.0 Å². The molecule has 2 heterocycles. The van der Waals surface area contributed by atoms with Crippen LogP contribution in [0.3, 0.4) is 0 Å². The van der Waals surface area contributed by atoms with Crippen LogP contribution in [0.2, 0.25) is 0 Å². The highest BCUT2D eigenvalue weighted by atomic mass is 19.4. The van der Waals surface area contributed by atoms with Crippen LogP contribution in [0, 0.1) is 5.41 Å². The molecule has 5 nitrogen and oxygen atoms in total. The molecule has 1 spiro atoms. The number of carbonyl (C=O) groups excluding carboxylic acids is 1. The molecular formula is C15H11F9N2O3. The first-order chi connectivity index (χ1) is 13.1. The number of esters is 1. The summed E-state index contributed by atoms with van der Waals surface area (Å²) in [7, 11) is 0. The van der Waals surface area contributed by atoms with Crippen LogP contribution in [-0.2, 0) is 21.9 Å². The van der Waals surface area contributed by atoms with E-state index in [1.807, 2.05) is 0 Å². The van der Waals surface area contributed by atoms with Crippen molar-refractivity contribution in [2.75, 3.05) is 6.54 Å². The van der Waals surface area contributed by atoms with Crippen molar-refractivity contribution in [2.24, 2.45) is 5.41 Å². The first-order valence-electron chi connectivity index (χ1n) is 7.94. The molecule has 1 aliphatic carbocycles. The molecular weight excluding hydrogens is 427 g/mol. The van der Waals surface area contributed by atoms with E-state index in [-0.39, 0.29) is 31.6 Å². The predicted molar refractivity (Wildman–Crippen MR) is 74.3 cm³/mol. The molecule has 2 fully saturated rings. The number of pyridine rings is 1. The lowest BCUT2D eigenvalue weighted by molar-refractivity contribution is -0.236. The Bertz CT molecular complexity index is 798. The Balaban J connectivity index is 1.65. The quantitative estimate of drug-likeness (QED) is 0.577. The van der Waals surface area contributed by atoms with Gasteiger partial charge >= 0.3 is 24.5 Å². The van der Waals surface area contributed by atoms with Gasteiger partial charge in [0.25, 0.3) is 0 Å². The zero-order chi connectivity index (χ0) is 21.8. The molecule has 29 heavy (non-hydrogen) atoms. The summed E-state index contributed by atoms with van der Waals surface area (Å²) in [6.07, 6.45) is -17.8. The number of aromatic nitrogens is 1. The zero-order valence-electron chi connectivity index (χ0n) is 14.0. The van der Waals surface area contributed by atoms with E-state index in [4.69, 9.17) is 4.74 Å². The number of nitrogens with zero attached hydrogens (tertiary/aromatic N) is 1. The second-order valence-electron chi connectivity index (χ2n) is 6.74. The molecule has 1 saturated carbocycles. The van der Waals surface area contributed by atoms with Crippen LogP contribution in [0.25, 0.3) is 0 Å². The van der Waals surface area contributed by atoms with Crippen LogP contribution < -0.4 is 10.1 Å². The Morgan fingerprint density at radius 3 is 2.07 bits per heavy atom. The summed E-state index contributed by atoms with van der Waals surface area (Å²) in [5.74, 6) is -3.10. The van der Waals surface area contributed by atoms with Gasteiger partial charge in [-0.1, -0.05) is 0 Å². The van der Waals surface area contributed by atoms with E-state index >= 15 is 0 Å². The third kappa shape index (κ3) is 4.21. The zero-order valence-corrected chi connectivity index (χ0v) is 14.0. The van der Waals surface area contributed by atoms with Crippen molar-refractivity contribution < 1.29 is 53.8 Å². The summed E-state index contributed by atoms with van der Waals surface area (Å²) >= 11 is 0. The lowest BCUT2D eigenvalue weighted by Gasteiger charge is -2.57. The molecule has 1 unspecified atom stereocenters. The molecule has 1 aromatic heterocycles. The van der Waals surface area contributed by atoms with E-state index in [1.165, 1.54) is 0 Å². The molecule has 2 aliphatic rings. The van der Waals surface area contributed by atoms with Gasteiger partial charge in [0.2, 0.25) is 5.88 Å². The lowest BCUT2D eigenvalue weighted by Crippen LogP contribution is -2.71. The minimum absolute atomic E-state index is 0.00536. The molecule has 1 saturated heterocycles. The third-order valence-corrected chi connectivity index (χ3v) is 4.70. The van der Waals surface area contributed by atoms with E-state index in [0.717, 1.165) is 0 Å². The number of hydrogen-bond donors (Lipinski definition) is 1. The lowest BCUT2D eigenvalue weighted by atomic mass is 9.61. The maximum atomic E-state index is 12.9. The fourth-order valence-electron chi connectivity index (χ4n) is 3.24. The van der Waals surface area contributed by atoms with Crippen LogP contribution >= 0.6 is 0 Å². The average Bonchev–Trinajstić information content (AvgIpc) is 2.51. The van der Waals surface area contributed by atoms with Crippen molar-refractivity contribution in [3.63, 3.8) is 0 Å². The molecule has 0 aromatic carbocycles. The molecule has 3 rings (SSSR count). The molecule has 1 aromatic rings. The highest BCUT2D eigenvalue weighted by Crippen LogP contribution is 2.51. The standard InChI is InChI=1S/C15H11F9N2O3/c16-13(17,18)7-1-9(25-4-8(7)14(19,20)21)28-6-2-12(3-6)5-26-10(12)29-11(27)15(22,23)24/h1,4,6,10,26H,2-3,5H2. The summed E-state index contributed by atoms with van der Waals surface area (Å²) in [6, 6.07) is 0.119. The first-order valence-corrected chi connectivity index (χ1v) is 7.94. The summed E-state index contributed by atoms with van der Waals surface area (Å²) < 4.78 is 123. The van der Waals surface area contributed by atoms with Crippen molar-refractivity contribution >= 4 is 5.97 Å². The van der Waals surface area contributed by atoms with Crippen molar-refractivity contribution in [3.05, 3.63) is 23.4 Å². The summed E-state index contributed by atoms with van der Waals surface area (Å²) in [6.45, 7) is 0.177. The van der Waals surface area contributed by atoms with Crippen molar-refractivity contribution in [1.29, 1.82) is 0 Å². The minimum atomic E-state index is -5.30. The number of carbonyl (C=O) groups is 1. The number of hydrogen-bond acceptors (Lipinski definition) is 5. The van der Waals surface area contributed by atoms with Gasteiger partial charge in [0.05, 0.1) is 11.1 Å². The van der Waals surface area contributed by atoms with Crippen LogP contribution in [0.15, 0.2) is 12.3 Å². The highest BCUT2D eigenvalue weighted by molar-refractivity contribution is 5.75. The van der Waals surface area contributed by atoms with Gasteiger partial charge in [0.1, 0.15) is 6.10 Å². The van der Waals surface area contributed by atoms with Gasteiger partial charge in [0.15, 0.2) is 6.23 Å². The molecule has 1 aliphatic heterocycles. The van der Waals surface area contributed by atoms with Gasteiger partial charge in [-0.25, -0.2) is 9.78 Å². The van der Waals surface area contributed by atoms with E-state index in [0.29, 0.717) is 0 Å². The van der Waals surface area contributed by atoms with E-state index in [2.05, 4.69) is 15.0 Å². The van der Waals surface area contributed by atoms with Gasteiger partial charge in [-0.15, -0.1) is 0 Å². The van der Waals surface area contributed by atoms with E-state index in [9.17, 15) is 44.3 Å². The molecule has 0 bridgehead atoms. The average molecular weight is 438 g/mol. The molecule has 1 atom stereocenters. The summed E-state index contributed by atoms with van der Waals surface area (Å²) in [4.78, 5) is 14.1. The van der Waals surface area contributed by atoms with E-state index in [1.54, 1.807) is 0 Å². The van der Waals surface area contributed by atoms with Gasteiger partial charge < -0.3 is 9.47 Å². The van der Waals surface area contributed by atoms with Gasteiger partial charge in [-0.05, 0) is 12.8 Å². The number of rotatable bonds is 3. The number of halogens is 9.